The van der Waals surface area contributed by atoms with E-state index in [4.69, 9.17) is 0 Å². The number of nitrogens with one attached hydrogen (secondary N) is 2. The van der Waals surface area contributed by atoms with Crippen molar-refractivity contribution in [1.29, 1.82) is 0 Å². The Balaban J connectivity index is 1.60. The molecule has 0 atom stereocenters. The van der Waals surface area contributed by atoms with Crippen molar-refractivity contribution in [3.63, 3.8) is 0 Å². The highest BCUT2D eigenvalue weighted by atomic mass is 19.1. The zero-order valence-corrected chi connectivity index (χ0v) is 18.0. The lowest BCUT2D eigenvalue weighted by atomic mass is 10.1. The van der Waals surface area contributed by atoms with Crippen LogP contribution in [0.25, 0.3) is 11.3 Å². The molecule has 2 N–H and O–H groups in total. The zero-order chi connectivity index (χ0) is 21.8. The SMILES string of the molecule is Cc1ccc(CNC(=O)Nc2c(N3CCCCC3)c(-c3cccc(F)c3)nn2C)cc1. The summed E-state index contributed by atoms with van der Waals surface area (Å²) in [6.45, 7) is 4.23. The Morgan fingerprint density at radius 3 is 2.55 bits per heavy atom. The Bertz CT molecular complexity index is 1050. The largest absolute Gasteiger partial charge is 0.367 e. The van der Waals surface area contributed by atoms with Crippen molar-refractivity contribution in [2.45, 2.75) is 32.7 Å². The van der Waals surface area contributed by atoms with Crippen molar-refractivity contribution < 1.29 is 9.18 Å². The van der Waals surface area contributed by atoms with Gasteiger partial charge in [0.15, 0.2) is 5.82 Å². The maximum atomic E-state index is 13.9. The van der Waals surface area contributed by atoms with Crippen molar-refractivity contribution >= 4 is 17.5 Å². The molecule has 0 saturated carbocycles. The fourth-order valence-corrected chi connectivity index (χ4v) is 3.94. The van der Waals surface area contributed by atoms with Crippen LogP contribution in [0.1, 0.15) is 30.4 Å². The number of urea groups is 1. The second-order valence-corrected chi connectivity index (χ2v) is 8.02. The van der Waals surface area contributed by atoms with Crippen LogP contribution in [0, 0.1) is 12.7 Å². The van der Waals surface area contributed by atoms with Gasteiger partial charge in [-0.05, 0) is 43.9 Å². The normalized spacial score (nSPS) is 13.8. The number of anilines is 2. The van der Waals surface area contributed by atoms with Crippen LogP contribution in [0.15, 0.2) is 48.5 Å². The number of rotatable bonds is 5. The van der Waals surface area contributed by atoms with Crippen LogP contribution < -0.4 is 15.5 Å². The molecule has 0 spiro atoms. The first-order valence-corrected chi connectivity index (χ1v) is 10.7. The van der Waals surface area contributed by atoms with E-state index in [0.717, 1.165) is 37.2 Å². The van der Waals surface area contributed by atoms with E-state index < -0.39 is 0 Å². The second-order valence-electron chi connectivity index (χ2n) is 8.02. The number of aryl methyl sites for hydroxylation is 2. The van der Waals surface area contributed by atoms with Gasteiger partial charge in [0.25, 0.3) is 0 Å². The molecule has 4 rings (SSSR count). The van der Waals surface area contributed by atoms with Crippen molar-refractivity contribution in [1.82, 2.24) is 15.1 Å². The Kier molecular flexibility index (Phi) is 6.21. The average molecular weight is 422 g/mol. The van der Waals surface area contributed by atoms with Crippen LogP contribution in [-0.4, -0.2) is 28.9 Å². The number of piperidine rings is 1. The molecule has 0 unspecified atom stereocenters. The number of carbonyl (C=O) groups is 1. The third kappa shape index (κ3) is 4.87. The Morgan fingerprint density at radius 2 is 1.84 bits per heavy atom. The number of carbonyl (C=O) groups excluding carboxylic acids is 1. The highest BCUT2D eigenvalue weighted by Gasteiger charge is 2.25. The zero-order valence-electron chi connectivity index (χ0n) is 18.0. The first-order chi connectivity index (χ1) is 15.0. The van der Waals surface area contributed by atoms with Gasteiger partial charge in [-0.1, -0.05) is 42.0 Å². The van der Waals surface area contributed by atoms with E-state index in [2.05, 4.69) is 20.6 Å². The number of benzene rings is 2. The highest BCUT2D eigenvalue weighted by molar-refractivity contribution is 5.95. The number of halogens is 1. The number of aromatic nitrogens is 2. The van der Waals surface area contributed by atoms with Crippen molar-refractivity contribution in [3.8, 4) is 11.3 Å². The molecule has 31 heavy (non-hydrogen) atoms. The van der Waals surface area contributed by atoms with Crippen LogP contribution in [0.3, 0.4) is 0 Å². The Morgan fingerprint density at radius 1 is 1.10 bits per heavy atom. The summed E-state index contributed by atoms with van der Waals surface area (Å²) in [5.41, 5.74) is 4.43. The summed E-state index contributed by atoms with van der Waals surface area (Å²) in [6, 6.07) is 14.2. The third-order valence-electron chi connectivity index (χ3n) is 5.60. The minimum absolute atomic E-state index is 0.298. The molecule has 1 aliphatic rings. The molecule has 3 aromatic rings. The van der Waals surface area contributed by atoms with E-state index in [9.17, 15) is 9.18 Å². The van der Waals surface area contributed by atoms with Crippen molar-refractivity contribution in [3.05, 3.63) is 65.5 Å². The maximum Gasteiger partial charge on any atom is 0.320 e. The molecular formula is C24H28FN5O. The lowest BCUT2D eigenvalue weighted by Gasteiger charge is -2.29. The summed E-state index contributed by atoms with van der Waals surface area (Å²) >= 11 is 0. The van der Waals surface area contributed by atoms with E-state index in [1.54, 1.807) is 17.8 Å². The lowest BCUT2D eigenvalue weighted by molar-refractivity contribution is 0.251. The van der Waals surface area contributed by atoms with E-state index in [0.29, 0.717) is 23.6 Å². The number of nitrogens with zero attached hydrogens (tertiary/aromatic N) is 3. The Labute approximate surface area is 182 Å². The first kappa shape index (κ1) is 20.9. The minimum Gasteiger partial charge on any atom is -0.367 e. The quantitative estimate of drug-likeness (QED) is 0.619. The summed E-state index contributed by atoms with van der Waals surface area (Å²) in [5.74, 6) is 0.306. The number of hydrogen-bond donors (Lipinski definition) is 2. The predicted molar refractivity (Wildman–Crippen MR) is 122 cm³/mol. The summed E-state index contributed by atoms with van der Waals surface area (Å²) in [7, 11) is 1.80. The van der Waals surface area contributed by atoms with Crippen LogP contribution >= 0.6 is 0 Å². The molecule has 0 bridgehead atoms. The van der Waals surface area contributed by atoms with Gasteiger partial charge in [-0.25, -0.2) is 13.9 Å². The van der Waals surface area contributed by atoms with Crippen LogP contribution in [0.4, 0.5) is 20.7 Å². The molecule has 0 aliphatic carbocycles. The maximum absolute atomic E-state index is 13.9. The van der Waals surface area contributed by atoms with Gasteiger partial charge in [-0.3, -0.25) is 5.32 Å². The Hall–Kier alpha value is -3.35. The molecule has 1 aliphatic heterocycles. The van der Waals surface area contributed by atoms with E-state index in [-0.39, 0.29) is 11.8 Å². The summed E-state index contributed by atoms with van der Waals surface area (Å²) < 4.78 is 15.6. The highest BCUT2D eigenvalue weighted by Crippen LogP contribution is 2.38. The molecular weight excluding hydrogens is 393 g/mol. The molecule has 2 amide bonds. The van der Waals surface area contributed by atoms with Crippen LogP contribution in [0.2, 0.25) is 0 Å². The molecule has 2 heterocycles. The first-order valence-electron chi connectivity index (χ1n) is 10.7. The van der Waals surface area contributed by atoms with Gasteiger partial charge >= 0.3 is 6.03 Å². The standard InChI is InChI=1S/C24H28FN5O/c1-17-9-11-18(12-10-17)16-26-24(31)27-23-22(30-13-4-3-5-14-30)21(28-29(23)2)19-7-6-8-20(25)15-19/h6-12,15H,3-5,13-14,16H2,1-2H3,(H2,26,27,31). The van der Waals surface area contributed by atoms with E-state index in [1.807, 2.05) is 37.3 Å². The van der Waals surface area contributed by atoms with Crippen molar-refractivity contribution in [2.24, 2.45) is 7.05 Å². The lowest BCUT2D eigenvalue weighted by Crippen LogP contribution is -2.33. The number of amides is 2. The summed E-state index contributed by atoms with van der Waals surface area (Å²) in [4.78, 5) is 14.9. The smallest absolute Gasteiger partial charge is 0.320 e. The summed E-state index contributed by atoms with van der Waals surface area (Å²) in [5, 5.41) is 10.5. The molecule has 1 saturated heterocycles. The van der Waals surface area contributed by atoms with Gasteiger partial charge in [0, 0.05) is 32.2 Å². The van der Waals surface area contributed by atoms with Gasteiger partial charge in [0.1, 0.15) is 17.2 Å². The van der Waals surface area contributed by atoms with Crippen LogP contribution in [0.5, 0.6) is 0 Å². The fraction of sp³-hybridized carbons (Fsp3) is 0.333. The average Bonchev–Trinajstić information content (AvgIpc) is 3.10. The van der Waals surface area contributed by atoms with Crippen LogP contribution in [-0.2, 0) is 13.6 Å². The summed E-state index contributed by atoms with van der Waals surface area (Å²) in [6.07, 6.45) is 3.35. The van der Waals surface area contributed by atoms with Gasteiger partial charge in [0.2, 0.25) is 0 Å². The predicted octanol–water partition coefficient (Wildman–Crippen LogP) is 4.85. The monoisotopic (exact) mass is 421 g/mol. The molecule has 0 radical (unpaired) electrons. The van der Waals surface area contributed by atoms with Gasteiger partial charge in [-0.2, -0.15) is 5.10 Å². The number of hydrogen-bond acceptors (Lipinski definition) is 3. The molecule has 7 heteroatoms. The molecule has 162 valence electrons. The third-order valence-corrected chi connectivity index (χ3v) is 5.60. The second kappa shape index (κ2) is 9.20. The van der Waals surface area contributed by atoms with Gasteiger partial charge in [0.05, 0.1) is 0 Å². The minimum atomic E-state index is -0.307. The van der Waals surface area contributed by atoms with E-state index in [1.165, 1.54) is 24.1 Å². The van der Waals surface area contributed by atoms with E-state index >= 15 is 0 Å². The fourth-order valence-electron chi connectivity index (χ4n) is 3.94. The van der Waals surface area contributed by atoms with Gasteiger partial charge in [-0.15, -0.1) is 0 Å². The molecule has 1 aromatic heterocycles. The molecule has 6 nitrogen and oxygen atoms in total. The van der Waals surface area contributed by atoms with Gasteiger partial charge < -0.3 is 10.2 Å². The van der Waals surface area contributed by atoms with Crippen molar-refractivity contribution in [2.75, 3.05) is 23.3 Å². The topological polar surface area (TPSA) is 62.2 Å². The molecule has 1 fully saturated rings. The molecule has 2 aromatic carbocycles.